The normalized spacial score (nSPS) is 10.4. The Balaban J connectivity index is 2.16. The topological polar surface area (TPSA) is 42.2 Å². The van der Waals surface area contributed by atoms with Crippen LogP contribution in [0.5, 0.6) is 0 Å². The third-order valence-corrected chi connectivity index (χ3v) is 2.83. The lowest BCUT2D eigenvalue weighted by Crippen LogP contribution is -2.18. The zero-order chi connectivity index (χ0) is 13.0. The van der Waals surface area contributed by atoms with Gasteiger partial charge in [0.05, 0.1) is 5.69 Å². The number of nitrogens with zero attached hydrogens (tertiary/aromatic N) is 2. The van der Waals surface area contributed by atoms with E-state index in [1.807, 2.05) is 30.1 Å². The molecule has 0 bridgehead atoms. The summed E-state index contributed by atoms with van der Waals surface area (Å²) in [6.07, 6.45) is 3.47. The van der Waals surface area contributed by atoms with E-state index in [-0.39, 0.29) is 5.82 Å². The van der Waals surface area contributed by atoms with Crippen LogP contribution in [0.2, 0.25) is 0 Å². The number of pyridine rings is 1. The second-order valence-corrected chi connectivity index (χ2v) is 4.20. The quantitative estimate of drug-likeness (QED) is 0.898. The minimum Gasteiger partial charge on any atom is -0.368 e. The van der Waals surface area contributed by atoms with Gasteiger partial charge in [-0.1, -0.05) is 6.07 Å². The Morgan fingerprint density at radius 2 is 1.89 bits per heavy atom. The zero-order valence-electron chi connectivity index (χ0n) is 10.3. The summed E-state index contributed by atoms with van der Waals surface area (Å²) in [5, 5.41) is 0. The van der Waals surface area contributed by atoms with Crippen LogP contribution in [0.4, 0.5) is 10.1 Å². The van der Waals surface area contributed by atoms with E-state index in [1.165, 1.54) is 6.07 Å². The van der Waals surface area contributed by atoms with Crippen LogP contribution >= 0.6 is 0 Å². The maximum atomic E-state index is 13.9. The van der Waals surface area contributed by atoms with Crippen molar-refractivity contribution in [2.24, 2.45) is 5.73 Å². The van der Waals surface area contributed by atoms with E-state index in [2.05, 4.69) is 4.98 Å². The Labute approximate surface area is 106 Å². The number of rotatable bonds is 4. The van der Waals surface area contributed by atoms with Crippen molar-refractivity contribution >= 4 is 5.69 Å². The van der Waals surface area contributed by atoms with Crippen molar-refractivity contribution < 1.29 is 4.39 Å². The Kier molecular flexibility index (Phi) is 3.89. The zero-order valence-corrected chi connectivity index (χ0v) is 10.3. The standard InChI is InChI=1S/C14H16FN3/c1-18(10-11-4-6-17-7-5-11)14-3-2-12(9-16)8-13(14)15/h2-8H,9-10,16H2,1H3. The SMILES string of the molecule is CN(Cc1ccncc1)c1ccc(CN)cc1F. The fourth-order valence-electron chi connectivity index (χ4n) is 1.83. The largest absolute Gasteiger partial charge is 0.368 e. The summed E-state index contributed by atoms with van der Waals surface area (Å²) >= 11 is 0. The molecule has 1 aromatic heterocycles. The van der Waals surface area contributed by atoms with Gasteiger partial charge in [-0.25, -0.2) is 4.39 Å². The monoisotopic (exact) mass is 245 g/mol. The first kappa shape index (κ1) is 12.5. The first-order chi connectivity index (χ1) is 8.70. The predicted molar refractivity (Wildman–Crippen MR) is 70.6 cm³/mol. The van der Waals surface area contributed by atoms with Crippen molar-refractivity contribution in [2.75, 3.05) is 11.9 Å². The van der Waals surface area contributed by atoms with Crippen molar-refractivity contribution in [3.8, 4) is 0 Å². The van der Waals surface area contributed by atoms with Crippen LogP contribution in [0.1, 0.15) is 11.1 Å². The summed E-state index contributed by atoms with van der Waals surface area (Å²) in [7, 11) is 1.86. The molecule has 0 fully saturated rings. The van der Waals surface area contributed by atoms with Crippen molar-refractivity contribution in [2.45, 2.75) is 13.1 Å². The van der Waals surface area contributed by atoms with Gasteiger partial charge < -0.3 is 10.6 Å². The number of hydrogen-bond donors (Lipinski definition) is 1. The lowest BCUT2D eigenvalue weighted by molar-refractivity contribution is 0.620. The molecule has 0 amide bonds. The molecule has 0 aliphatic rings. The average Bonchev–Trinajstić information content (AvgIpc) is 2.39. The smallest absolute Gasteiger partial charge is 0.146 e. The fraction of sp³-hybridized carbons (Fsp3) is 0.214. The number of anilines is 1. The molecule has 0 spiro atoms. The molecule has 2 N–H and O–H groups in total. The summed E-state index contributed by atoms with van der Waals surface area (Å²) < 4.78 is 13.9. The van der Waals surface area contributed by atoms with E-state index in [4.69, 9.17) is 5.73 Å². The molecule has 0 saturated heterocycles. The molecule has 18 heavy (non-hydrogen) atoms. The highest BCUT2D eigenvalue weighted by Crippen LogP contribution is 2.20. The second kappa shape index (κ2) is 5.60. The van der Waals surface area contributed by atoms with Gasteiger partial charge in [-0.15, -0.1) is 0 Å². The third-order valence-electron chi connectivity index (χ3n) is 2.83. The molecular weight excluding hydrogens is 229 g/mol. The third kappa shape index (κ3) is 2.84. The van der Waals surface area contributed by atoms with Crippen molar-refractivity contribution in [3.63, 3.8) is 0 Å². The molecular formula is C14H16FN3. The van der Waals surface area contributed by atoms with Crippen LogP contribution in [0.3, 0.4) is 0 Å². The first-order valence-electron chi connectivity index (χ1n) is 5.79. The number of hydrogen-bond acceptors (Lipinski definition) is 3. The van der Waals surface area contributed by atoms with Crippen LogP contribution in [-0.2, 0) is 13.1 Å². The number of nitrogens with two attached hydrogens (primary N) is 1. The van der Waals surface area contributed by atoms with Gasteiger partial charge in [0.25, 0.3) is 0 Å². The van der Waals surface area contributed by atoms with Gasteiger partial charge >= 0.3 is 0 Å². The minimum absolute atomic E-state index is 0.241. The van der Waals surface area contributed by atoms with Crippen LogP contribution in [0.15, 0.2) is 42.7 Å². The van der Waals surface area contributed by atoms with E-state index < -0.39 is 0 Å². The second-order valence-electron chi connectivity index (χ2n) is 4.20. The van der Waals surface area contributed by atoms with Crippen LogP contribution in [0, 0.1) is 5.82 Å². The van der Waals surface area contributed by atoms with E-state index in [1.54, 1.807) is 18.5 Å². The van der Waals surface area contributed by atoms with E-state index in [0.29, 0.717) is 18.8 Å². The lowest BCUT2D eigenvalue weighted by Gasteiger charge is -2.20. The van der Waals surface area contributed by atoms with Gasteiger partial charge in [-0.3, -0.25) is 4.98 Å². The summed E-state index contributed by atoms with van der Waals surface area (Å²) in [6.45, 7) is 0.993. The molecule has 0 atom stereocenters. The molecule has 0 radical (unpaired) electrons. The molecule has 3 nitrogen and oxygen atoms in total. The van der Waals surface area contributed by atoms with Crippen molar-refractivity contribution in [3.05, 3.63) is 59.7 Å². The number of aromatic nitrogens is 1. The highest BCUT2D eigenvalue weighted by Gasteiger charge is 2.08. The highest BCUT2D eigenvalue weighted by molar-refractivity contribution is 5.49. The van der Waals surface area contributed by atoms with Gasteiger partial charge in [-0.2, -0.15) is 0 Å². The predicted octanol–water partition coefficient (Wildman–Crippen LogP) is 2.32. The highest BCUT2D eigenvalue weighted by atomic mass is 19.1. The molecule has 4 heteroatoms. The molecule has 1 aromatic carbocycles. The molecule has 94 valence electrons. The Morgan fingerprint density at radius 3 is 2.50 bits per heavy atom. The van der Waals surface area contributed by atoms with Gasteiger partial charge in [0.2, 0.25) is 0 Å². The van der Waals surface area contributed by atoms with Gasteiger partial charge in [0, 0.05) is 32.5 Å². The molecule has 2 aromatic rings. The van der Waals surface area contributed by atoms with Gasteiger partial charge in [-0.05, 0) is 35.4 Å². The average molecular weight is 245 g/mol. The lowest BCUT2D eigenvalue weighted by atomic mass is 10.1. The number of benzene rings is 1. The Morgan fingerprint density at radius 1 is 1.17 bits per heavy atom. The van der Waals surface area contributed by atoms with E-state index in [9.17, 15) is 4.39 Å². The van der Waals surface area contributed by atoms with E-state index in [0.717, 1.165) is 11.1 Å². The molecule has 1 heterocycles. The minimum atomic E-state index is -0.241. The Bertz CT molecular complexity index is 514. The van der Waals surface area contributed by atoms with Crippen LogP contribution in [-0.4, -0.2) is 12.0 Å². The maximum Gasteiger partial charge on any atom is 0.146 e. The summed E-state index contributed by atoms with van der Waals surface area (Å²) in [5.41, 5.74) is 7.95. The molecule has 0 saturated carbocycles. The molecule has 0 aliphatic carbocycles. The molecule has 0 aliphatic heterocycles. The van der Waals surface area contributed by atoms with Crippen LogP contribution in [0.25, 0.3) is 0 Å². The summed E-state index contributed by atoms with van der Waals surface area (Å²) in [5.74, 6) is -0.241. The molecule has 2 rings (SSSR count). The van der Waals surface area contributed by atoms with E-state index >= 15 is 0 Å². The van der Waals surface area contributed by atoms with Gasteiger partial charge in [0.1, 0.15) is 5.82 Å². The maximum absolute atomic E-state index is 13.9. The van der Waals surface area contributed by atoms with Crippen LogP contribution < -0.4 is 10.6 Å². The molecule has 0 unspecified atom stereocenters. The fourth-order valence-corrected chi connectivity index (χ4v) is 1.83. The van der Waals surface area contributed by atoms with Gasteiger partial charge in [0.15, 0.2) is 0 Å². The summed E-state index contributed by atoms with van der Waals surface area (Å²) in [6, 6.07) is 8.93. The van der Waals surface area contributed by atoms with Crippen molar-refractivity contribution in [1.82, 2.24) is 4.98 Å². The number of halogens is 1. The van der Waals surface area contributed by atoms with Crippen molar-refractivity contribution in [1.29, 1.82) is 0 Å². The first-order valence-corrected chi connectivity index (χ1v) is 5.79. The Hall–Kier alpha value is -1.94. The summed E-state index contributed by atoms with van der Waals surface area (Å²) in [4.78, 5) is 5.83.